The van der Waals surface area contributed by atoms with Gasteiger partial charge in [-0.1, -0.05) is 30.3 Å². The molecule has 0 saturated carbocycles. The van der Waals surface area contributed by atoms with Crippen molar-refractivity contribution in [1.29, 1.82) is 0 Å². The van der Waals surface area contributed by atoms with Gasteiger partial charge in [0.05, 0.1) is 10.6 Å². The Kier molecular flexibility index (Phi) is 4.05. The van der Waals surface area contributed by atoms with Crippen molar-refractivity contribution in [1.82, 2.24) is 10.0 Å². The Morgan fingerprint density at radius 2 is 1.85 bits per heavy atom. The zero-order valence-electron chi connectivity index (χ0n) is 14.0. The van der Waals surface area contributed by atoms with Gasteiger partial charge >= 0.3 is 0 Å². The summed E-state index contributed by atoms with van der Waals surface area (Å²) in [6.07, 6.45) is 1.36. The molecule has 0 aliphatic carbocycles. The van der Waals surface area contributed by atoms with E-state index >= 15 is 0 Å². The third kappa shape index (κ3) is 2.69. The number of para-hydroxylation sites is 1. The van der Waals surface area contributed by atoms with Crippen molar-refractivity contribution >= 4 is 26.6 Å². The van der Waals surface area contributed by atoms with Crippen LogP contribution in [0.3, 0.4) is 0 Å². The maximum atomic E-state index is 12.6. The first-order chi connectivity index (χ1) is 12.5. The van der Waals surface area contributed by atoms with E-state index in [1.54, 1.807) is 17.6 Å². The van der Waals surface area contributed by atoms with E-state index in [9.17, 15) is 13.2 Å². The molecule has 0 radical (unpaired) electrons. The van der Waals surface area contributed by atoms with Gasteiger partial charge in [0.15, 0.2) is 9.84 Å². The third-order valence-electron chi connectivity index (χ3n) is 4.82. The largest absolute Gasteiger partial charge is 0.339 e. The summed E-state index contributed by atoms with van der Waals surface area (Å²) < 4.78 is 27.3. The molecule has 1 aliphatic rings. The molecule has 0 saturated heterocycles. The molecular formula is C19H18N2O4S. The minimum absolute atomic E-state index is 0.193. The van der Waals surface area contributed by atoms with Gasteiger partial charge in [-0.05, 0) is 36.6 Å². The minimum atomic E-state index is -3.26. The highest BCUT2D eigenvalue weighted by Gasteiger charge is 2.30. The van der Waals surface area contributed by atoms with Crippen LogP contribution < -0.4 is 5.48 Å². The molecule has 0 spiro atoms. The van der Waals surface area contributed by atoms with Crippen molar-refractivity contribution in [2.24, 2.45) is 0 Å². The van der Waals surface area contributed by atoms with Gasteiger partial charge in [-0.3, -0.25) is 10.0 Å². The number of amides is 1. The van der Waals surface area contributed by atoms with Crippen LogP contribution in [-0.2, 0) is 22.8 Å². The maximum Gasteiger partial charge on any atom is 0.274 e. The van der Waals surface area contributed by atoms with E-state index in [1.807, 2.05) is 36.4 Å². The lowest BCUT2D eigenvalue weighted by Gasteiger charge is -2.16. The normalized spacial score (nSPS) is 15.6. The second-order valence-corrected chi connectivity index (χ2v) is 8.49. The summed E-state index contributed by atoms with van der Waals surface area (Å²) in [7, 11) is -3.26. The SMILES string of the molecule is O=C(NO)c1ccc(Cn2c3c(c4ccccc42)S(=O)(=O)CCC3)cc1. The Labute approximate surface area is 150 Å². The molecule has 0 bridgehead atoms. The molecule has 0 fully saturated rings. The van der Waals surface area contributed by atoms with Crippen LogP contribution in [0.4, 0.5) is 0 Å². The average molecular weight is 370 g/mol. The average Bonchev–Trinajstić information content (AvgIpc) is 2.97. The molecule has 6 nitrogen and oxygen atoms in total. The minimum Gasteiger partial charge on any atom is -0.339 e. The van der Waals surface area contributed by atoms with Crippen LogP contribution in [0.1, 0.15) is 28.0 Å². The lowest BCUT2D eigenvalue weighted by molar-refractivity contribution is 0.0706. The van der Waals surface area contributed by atoms with E-state index in [1.165, 1.54) is 0 Å². The molecule has 4 rings (SSSR count). The van der Waals surface area contributed by atoms with Crippen molar-refractivity contribution < 1.29 is 18.4 Å². The molecule has 26 heavy (non-hydrogen) atoms. The molecule has 7 heteroatoms. The highest BCUT2D eigenvalue weighted by atomic mass is 32.2. The smallest absolute Gasteiger partial charge is 0.274 e. The first-order valence-electron chi connectivity index (χ1n) is 8.37. The molecular weight excluding hydrogens is 352 g/mol. The van der Waals surface area contributed by atoms with Crippen LogP contribution in [-0.4, -0.2) is 29.9 Å². The van der Waals surface area contributed by atoms with Crippen molar-refractivity contribution in [3.63, 3.8) is 0 Å². The number of benzene rings is 2. The van der Waals surface area contributed by atoms with Gasteiger partial charge < -0.3 is 4.57 Å². The molecule has 0 atom stereocenters. The zero-order chi connectivity index (χ0) is 18.3. The number of sulfone groups is 1. The highest BCUT2D eigenvalue weighted by molar-refractivity contribution is 7.91. The number of hydrogen-bond donors (Lipinski definition) is 2. The summed E-state index contributed by atoms with van der Waals surface area (Å²) in [6.45, 7) is 0.520. The van der Waals surface area contributed by atoms with Gasteiger partial charge in [0, 0.05) is 28.7 Å². The maximum absolute atomic E-state index is 12.6. The summed E-state index contributed by atoms with van der Waals surface area (Å²) in [5.74, 6) is -0.370. The fourth-order valence-electron chi connectivity index (χ4n) is 3.64. The quantitative estimate of drug-likeness (QED) is 0.548. The van der Waals surface area contributed by atoms with Crippen LogP contribution in [0.25, 0.3) is 10.9 Å². The summed E-state index contributed by atoms with van der Waals surface area (Å²) in [5, 5.41) is 9.48. The lowest BCUT2D eigenvalue weighted by Crippen LogP contribution is -2.19. The Morgan fingerprint density at radius 3 is 2.58 bits per heavy atom. The molecule has 3 aromatic rings. The zero-order valence-corrected chi connectivity index (χ0v) is 14.8. The Morgan fingerprint density at radius 1 is 1.12 bits per heavy atom. The number of nitrogens with zero attached hydrogens (tertiary/aromatic N) is 1. The number of hydrogen-bond acceptors (Lipinski definition) is 4. The van der Waals surface area contributed by atoms with E-state index in [4.69, 9.17) is 5.21 Å². The Hall–Kier alpha value is -2.64. The molecule has 1 amide bonds. The number of fused-ring (bicyclic) bond motifs is 3. The number of rotatable bonds is 3. The van der Waals surface area contributed by atoms with Crippen molar-refractivity contribution in [3.05, 3.63) is 65.4 Å². The van der Waals surface area contributed by atoms with Crippen LogP contribution >= 0.6 is 0 Å². The van der Waals surface area contributed by atoms with Crippen LogP contribution in [0.5, 0.6) is 0 Å². The highest BCUT2D eigenvalue weighted by Crippen LogP contribution is 2.35. The molecule has 2 aromatic carbocycles. The van der Waals surface area contributed by atoms with Gasteiger partial charge in [-0.15, -0.1) is 0 Å². The van der Waals surface area contributed by atoms with Gasteiger partial charge in [0.25, 0.3) is 5.91 Å². The monoisotopic (exact) mass is 370 g/mol. The Bertz CT molecular complexity index is 1100. The lowest BCUT2D eigenvalue weighted by atomic mass is 10.1. The van der Waals surface area contributed by atoms with E-state index in [-0.39, 0.29) is 5.75 Å². The number of aromatic nitrogens is 1. The van der Waals surface area contributed by atoms with Crippen LogP contribution in [0.2, 0.25) is 0 Å². The van der Waals surface area contributed by atoms with Crippen molar-refractivity contribution in [2.75, 3.05) is 5.75 Å². The molecule has 134 valence electrons. The number of hydroxylamine groups is 1. The van der Waals surface area contributed by atoms with Crippen molar-refractivity contribution in [3.8, 4) is 0 Å². The third-order valence-corrected chi connectivity index (χ3v) is 6.73. The van der Waals surface area contributed by atoms with Gasteiger partial charge in [0.1, 0.15) is 0 Å². The van der Waals surface area contributed by atoms with Gasteiger partial charge in [-0.2, -0.15) is 0 Å². The first kappa shape index (κ1) is 16.8. The number of carbonyl (C=O) groups is 1. The van der Waals surface area contributed by atoms with E-state index in [2.05, 4.69) is 4.57 Å². The van der Waals surface area contributed by atoms with Crippen LogP contribution in [0.15, 0.2) is 53.4 Å². The fourth-order valence-corrected chi connectivity index (χ4v) is 5.45. The molecule has 0 unspecified atom stereocenters. The first-order valence-corrected chi connectivity index (χ1v) is 10.0. The second-order valence-electron chi connectivity index (χ2n) is 6.44. The number of carbonyl (C=O) groups excluding carboxylic acids is 1. The van der Waals surface area contributed by atoms with E-state index in [0.29, 0.717) is 23.4 Å². The summed E-state index contributed by atoms with van der Waals surface area (Å²) in [4.78, 5) is 11.9. The van der Waals surface area contributed by atoms with Crippen LogP contribution in [0, 0.1) is 0 Å². The molecule has 2 heterocycles. The van der Waals surface area contributed by atoms with E-state index < -0.39 is 15.7 Å². The topological polar surface area (TPSA) is 88.4 Å². The van der Waals surface area contributed by atoms with Gasteiger partial charge in [-0.25, -0.2) is 13.9 Å². The predicted molar refractivity (Wildman–Crippen MR) is 97.1 cm³/mol. The van der Waals surface area contributed by atoms with Gasteiger partial charge in [0.2, 0.25) is 0 Å². The number of nitrogens with one attached hydrogen (secondary N) is 1. The van der Waals surface area contributed by atoms with E-state index in [0.717, 1.165) is 28.6 Å². The summed E-state index contributed by atoms with van der Waals surface area (Å²) in [6, 6.07) is 14.5. The standard InChI is InChI=1S/C19H18N2O4S/c22-19(20-23)14-9-7-13(8-10-14)12-21-16-5-2-1-4-15(16)18-17(21)6-3-11-26(18,24)25/h1-2,4-5,7-10,23H,3,6,11-12H2,(H,20,22). The Balaban J connectivity index is 1.82. The predicted octanol–water partition coefficient (Wildman–Crippen LogP) is 2.53. The second kappa shape index (κ2) is 6.26. The molecule has 1 aromatic heterocycles. The summed E-state index contributed by atoms with van der Waals surface area (Å²) in [5.41, 5.74) is 4.68. The fraction of sp³-hybridized carbons (Fsp3) is 0.211. The van der Waals surface area contributed by atoms with Crippen molar-refractivity contribution in [2.45, 2.75) is 24.3 Å². The molecule has 1 aliphatic heterocycles. The summed E-state index contributed by atoms with van der Waals surface area (Å²) >= 11 is 0. The molecule has 2 N–H and O–H groups in total.